The third kappa shape index (κ3) is 3.63. The van der Waals surface area contributed by atoms with E-state index >= 15 is 0 Å². The van der Waals surface area contributed by atoms with Gasteiger partial charge in [-0.3, -0.25) is 0 Å². The van der Waals surface area contributed by atoms with Crippen LogP contribution in [0.25, 0.3) is 0 Å². The molecule has 1 nitrogen and oxygen atoms in total. The number of hydrogen-bond acceptors (Lipinski definition) is 1. The molecule has 2 aliphatic rings. The predicted molar refractivity (Wildman–Crippen MR) is 71.1 cm³/mol. The van der Waals surface area contributed by atoms with Crippen molar-refractivity contribution in [3.05, 3.63) is 0 Å². The van der Waals surface area contributed by atoms with E-state index in [2.05, 4.69) is 4.90 Å². The molecule has 2 heteroatoms. The zero-order chi connectivity index (χ0) is 11.2. The number of hydrogen-bond donors (Lipinski definition) is 0. The molecule has 0 N–H and O–H groups in total. The smallest absolute Gasteiger partial charge is 0.0235 e. The largest absolute Gasteiger partial charge is 0.300 e. The van der Waals surface area contributed by atoms with Gasteiger partial charge in [-0.2, -0.15) is 0 Å². The molecule has 0 radical (unpaired) electrons. The van der Waals surface area contributed by atoms with Crippen molar-refractivity contribution in [3.63, 3.8) is 0 Å². The first-order valence-electron chi connectivity index (χ1n) is 7.20. The lowest BCUT2D eigenvalue weighted by Crippen LogP contribution is -2.43. The molecule has 0 aliphatic heterocycles. The van der Waals surface area contributed by atoms with Gasteiger partial charge in [-0.25, -0.2) is 0 Å². The summed E-state index contributed by atoms with van der Waals surface area (Å²) in [6, 6.07) is 0.908. The fourth-order valence-electron chi connectivity index (χ4n) is 3.14. The second-order valence-corrected chi connectivity index (χ2v) is 6.00. The van der Waals surface area contributed by atoms with Gasteiger partial charge < -0.3 is 4.90 Å². The van der Waals surface area contributed by atoms with Gasteiger partial charge in [0.2, 0.25) is 0 Å². The van der Waals surface area contributed by atoms with Crippen molar-refractivity contribution in [1.29, 1.82) is 0 Å². The van der Waals surface area contributed by atoms with Crippen LogP contribution in [0.4, 0.5) is 0 Å². The van der Waals surface area contributed by atoms with E-state index in [-0.39, 0.29) is 0 Å². The van der Waals surface area contributed by atoms with Crippen molar-refractivity contribution in [2.75, 3.05) is 19.0 Å². The lowest BCUT2D eigenvalue weighted by molar-refractivity contribution is 0.0976. The first-order chi connectivity index (χ1) is 7.90. The van der Waals surface area contributed by atoms with E-state index in [1.165, 1.54) is 70.9 Å². The number of rotatable bonds is 6. The van der Waals surface area contributed by atoms with Gasteiger partial charge in [-0.1, -0.05) is 25.7 Å². The van der Waals surface area contributed by atoms with Gasteiger partial charge in [-0.15, -0.1) is 11.6 Å². The Labute approximate surface area is 106 Å². The lowest BCUT2D eigenvalue weighted by atomic mass is 9.86. The van der Waals surface area contributed by atoms with Crippen LogP contribution in [0.15, 0.2) is 0 Å². The minimum absolute atomic E-state index is 0.827. The van der Waals surface area contributed by atoms with Gasteiger partial charge in [0.15, 0.2) is 0 Å². The van der Waals surface area contributed by atoms with Gasteiger partial charge >= 0.3 is 0 Å². The van der Waals surface area contributed by atoms with Crippen LogP contribution in [-0.2, 0) is 0 Å². The van der Waals surface area contributed by atoms with E-state index in [4.69, 9.17) is 11.6 Å². The van der Waals surface area contributed by atoms with E-state index in [1.807, 2.05) is 0 Å². The minimum Gasteiger partial charge on any atom is -0.300 e. The maximum absolute atomic E-state index is 5.83. The zero-order valence-electron chi connectivity index (χ0n) is 10.5. The number of halogens is 1. The Morgan fingerprint density at radius 1 is 0.938 bits per heavy atom. The van der Waals surface area contributed by atoms with E-state index in [0.29, 0.717) is 0 Å². The summed E-state index contributed by atoms with van der Waals surface area (Å²) in [5, 5.41) is 0. The Hall–Kier alpha value is 0.250. The van der Waals surface area contributed by atoms with Crippen molar-refractivity contribution in [1.82, 2.24) is 4.90 Å². The minimum atomic E-state index is 0.827. The van der Waals surface area contributed by atoms with Crippen molar-refractivity contribution in [2.45, 2.75) is 63.8 Å². The topological polar surface area (TPSA) is 3.24 Å². The standard InChI is InChI=1S/C14H26ClN/c15-10-5-11-16(14-8-4-9-14)12-13-6-2-1-3-7-13/h13-14H,1-12H2. The first-order valence-corrected chi connectivity index (χ1v) is 7.73. The molecule has 0 spiro atoms. The zero-order valence-corrected chi connectivity index (χ0v) is 11.2. The van der Waals surface area contributed by atoms with Crippen LogP contribution in [0.3, 0.4) is 0 Å². The van der Waals surface area contributed by atoms with Crippen LogP contribution in [0, 0.1) is 5.92 Å². The Balaban J connectivity index is 1.75. The molecule has 0 aromatic heterocycles. The molecule has 2 aliphatic carbocycles. The van der Waals surface area contributed by atoms with Crippen LogP contribution in [0.2, 0.25) is 0 Å². The molecule has 0 unspecified atom stereocenters. The Kier molecular flexibility index (Phi) is 5.44. The summed E-state index contributed by atoms with van der Waals surface area (Å²) < 4.78 is 0. The molecule has 0 amide bonds. The summed E-state index contributed by atoms with van der Waals surface area (Å²) in [5.41, 5.74) is 0. The highest BCUT2D eigenvalue weighted by Crippen LogP contribution is 2.29. The average Bonchev–Trinajstić information content (AvgIpc) is 2.25. The maximum atomic E-state index is 5.83. The van der Waals surface area contributed by atoms with Gasteiger partial charge in [0.25, 0.3) is 0 Å². The molecule has 2 rings (SSSR count). The molecule has 94 valence electrons. The Morgan fingerprint density at radius 2 is 1.69 bits per heavy atom. The van der Waals surface area contributed by atoms with Crippen LogP contribution in [0.5, 0.6) is 0 Å². The van der Waals surface area contributed by atoms with Crippen LogP contribution < -0.4 is 0 Å². The third-order valence-corrected chi connectivity index (χ3v) is 4.65. The molecule has 0 saturated heterocycles. The van der Waals surface area contributed by atoms with Gasteiger partial charge in [-0.05, 0) is 44.6 Å². The van der Waals surface area contributed by atoms with Crippen LogP contribution >= 0.6 is 11.6 Å². The van der Waals surface area contributed by atoms with Crippen LogP contribution in [0.1, 0.15) is 57.8 Å². The normalized spacial score (nSPS) is 23.6. The Morgan fingerprint density at radius 3 is 2.25 bits per heavy atom. The Bertz CT molecular complexity index is 185. The molecule has 0 heterocycles. The van der Waals surface area contributed by atoms with E-state index < -0.39 is 0 Å². The molecular weight excluding hydrogens is 218 g/mol. The first kappa shape index (κ1) is 12.7. The molecule has 0 aromatic rings. The fourth-order valence-corrected chi connectivity index (χ4v) is 3.26. The third-order valence-electron chi connectivity index (χ3n) is 4.39. The van der Waals surface area contributed by atoms with Gasteiger partial charge in [0.1, 0.15) is 0 Å². The lowest BCUT2D eigenvalue weighted by Gasteiger charge is -2.40. The SMILES string of the molecule is ClCCCN(CC1CCCCC1)C1CCC1. The second-order valence-electron chi connectivity index (χ2n) is 5.63. The molecule has 0 atom stereocenters. The quantitative estimate of drug-likeness (QED) is 0.637. The summed E-state index contributed by atoms with van der Waals surface area (Å²) in [5.74, 6) is 1.82. The predicted octanol–water partition coefficient (Wildman–Crippen LogP) is 4.05. The van der Waals surface area contributed by atoms with Crippen molar-refractivity contribution in [2.24, 2.45) is 5.92 Å². The molecule has 0 aromatic carbocycles. The second kappa shape index (κ2) is 6.86. The monoisotopic (exact) mass is 243 g/mol. The van der Waals surface area contributed by atoms with E-state index in [1.54, 1.807) is 0 Å². The molecule has 2 fully saturated rings. The summed E-state index contributed by atoms with van der Waals surface area (Å²) in [4.78, 5) is 2.75. The highest BCUT2D eigenvalue weighted by molar-refractivity contribution is 6.17. The molecule has 2 saturated carbocycles. The summed E-state index contributed by atoms with van der Waals surface area (Å²) >= 11 is 5.83. The average molecular weight is 244 g/mol. The summed E-state index contributed by atoms with van der Waals surface area (Å²) in [6.07, 6.45) is 12.9. The van der Waals surface area contributed by atoms with Gasteiger partial charge in [0.05, 0.1) is 0 Å². The fraction of sp³-hybridized carbons (Fsp3) is 1.00. The number of alkyl halides is 1. The van der Waals surface area contributed by atoms with E-state index in [9.17, 15) is 0 Å². The number of nitrogens with zero attached hydrogens (tertiary/aromatic N) is 1. The summed E-state index contributed by atoms with van der Waals surface area (Å²) in [7, 11) is 0. The summed E-state index contributed by atoms with van der Waals surface area (Å²) in [6.45, 7) is 2.60. The van der Waals surface area contributed by atoms with Crippen molar-refractivity contribution >= 4 is 11.6 Å². The van der Waals surface area contributed by atoms with Gasteiger partial charge in [0, 0.05) is 18.5 Å². The highest BCUT2D eigenvalue weighted by atomic mass is 35.5. The van der Waals surface area contributed by atoms with Crippen LogP contribution in [-0.4, -0.2) is 29.9 Å². The maximum Gasteiger partial charge on any atom is 0.0235 e. The highest BCUT2D eigenvalue weighted by Gasteiger charge is 2.26. The molecular formula is C14H26ClN. The van der Waals surface area contributed by atoms with E-state index in [0.717, 1.165) is 17.8 Å². The molecule has 0 bridgehead atoms. The molecule has 16 heavy (non-hydrogen) atoms. The van der Waals surface area contributed by atoms with Crippen molar-refractivity contribution in [3.8, 4) is 0 Å². The van der Waals surface area contributed by atoms with Crippen molar-refractivity contribution < 1.29 is 0 Å².